The molecule has 2 rings (SSSR count). The Morgan fingerprint density at radius 2 is 2.04 bits per heavy atom. The van der Waals surface area contributed by atoms with Gasteiger partial charge in [-0.2, -0.15) is 5.26 Å². The number of rotatable bonds is 5. The zero-order valence-corrected chi connectivity index (χ0v) is 13.8. The van der Waals surface area contributed by atoms with Crippen molar-refractivity contribution >= 4 is 29.2 Å². The smallest absolute Gasteiger partial charge is 0.342 e. The number of carbonyl (C=O) groups excluding carboxylic acids is 2. The van der Waals surface area contributed by atoms with Crippen LogP contribution in [0.15, 0.2) is 36.4 Å². The largest absolute Gasteiger partial charge is 0.507 e. The molecule has 0 aromatic heterocycles. The average Bonchev–Trinajstić information content (AvgIpc) is 2.59. The number of esters is 1. The summed E-state index contributed by atoms with van der Waals surface area (Å²) in [7, 11) is 1.42. The number of amides is 1. The molecule has 0 radical (unpaired) electrons. The van der Waals surface area contributed by atoms with Crippen LogP contribution in [0.3, 0.4) is 0 Å². The number of hydrogen-bond acceptors (Lipinski definition) is 6. The molecule has 0 heterocycles. The molecule has 0 aliphatic heterocycles. The molecule has 0 bridgehead atoms. The van der Waals surface area contributed by atoms with E-state index in [-0.39, 0.29) is 22.6 Å². The Hall–Kier alpha value is -3.24. The Balaban J connectivity index is 2.00. The molecule has 2 aromatic rings. The third-order valence-corrected chi connectivity index (χ3v) is 3.37. The zero-order valence-electron chi connectivity index (χ0n) is 13.1. The minimum Gasteiger partial charge on any atom is -0.507 e. The van der Waals surface area contributed by atoms with Gasteiger partial charge in [-0.15, -0.1) is 0 Å². The standard InChI is InChI=1S/C17H13ClN2O5/c1-24-12-4-5-13(15(21)7-12)17(23)25-9-16(22)20-14-6-11(18)3-2-10(14)8-19/h2-7,21H,9H2,1H3,(H,20,22). The normalized spacial score (nSPS) is 9.80. The van der Waals surface area contributed by atoms with E-state index in [4.69, 9.17) is 26.3 Å². The first-order valence-electron chi connectivity index (χ1n) is 6.98. The van der Waals surface area contributed by atoms with E-state index >= 15 is 0 Å². The van der Waals surface area contributed by atoms with Gasteiger partial charge >= 0.3 is 5.97 Å². The maximum atomic E-state index is 11.9. The predicted molar refractivity (Wildman–Crippen MR) is 89.7 cm³/mol. The van der Waals surface area contributed by atoms with Crippen LogP contribution in [0.1, 0.15) is 15.9 Å². The van der Waals surface area contributed by atoms with Crippen molar-refractivity contribution in [3.63, 3.8) is 0 Å². The van der Waals surface area contributed by atoms with Gasteiger partial charge in [-0.3, -0.25) is 4.79 Å². The summed E-state index contributed by atoms with van der Waals surface area (Å²) in [5, 5.41) is 21.5. The molecule has 0 saturated carbocycles. The van der Waals surface area contributed by atoms with Gasteiger partial charge in [0.1, 0.15) is 23.1 Å². The van der Waals surface area contributed by atoms with Gasteiger partial charge in [-0.05, 0) is 30.3 Å². The number of nitriles is 1. The summed E-state index contributed by atoms with van der Waals surface area (Å²) in [6, 6.07) is 10.3. The van der Waals surface area contributed by atoms with Crippen molar-refractivity contribution in [3.8, 4) is 17.6 Å². The molecular formula is C17H13ClN2O5. The monoisotopic (exact) mass is 360 g/mol. The van der Waals surface area contributed by atoms with Crippen LogP contribution >= 0.6 is 11.6 Å². The van der Waals surface area contributed by atoms with E-state index < -0.39 is 18.5 Å². The number of phenols is 1. The maximum absolute atomic E-state index is 11.9. The molecule has 0 atom stereocenters. The summed E-state index contributed by atoms with van der Waals surface area (Å²) in [4.78, 5) is 23.8. The van der Waals surface area contributed by atoms with Gasteiger partial charge in [0.05, 0.1) is 18.4 Å². The molecule has 8 heteroatoms. The number of hydrogen-bond donors (Lipinski definition) is 2. The lowest BCUT2D eigenvalue weighted by atomic mass is 10.2. The van der Waals surface area contributed by atoms with Crippen LogP contribution in [-0.4, -0.2) is 30.7 Å². The first-order valence-corrected chi connectivity index (χ1v) is 7.36. The summed E-state index contributed by atoms with van der Waals surface area (Å²) in [5.41, 5.74) is 0.328. The molecule has 0 fully saturated rings. The highest BCUT2D eigenvalue weighted by Gasteiger charge is 2.16. The Morgan fingerprint density at radius 1 is 1.28 bits per heavy atom. The Kier molecular flexibility index (Phi) is 5.82. The SMILES string of the molecule is COc1ccc(C(=O)OCC(=O)Nc2cc(Cl)ccc2C#N)c(O)c1. The highest BCUT2D eigenvalue weighted by molar-refractivity contribution is 6.31. The third-order valence-electron chi connectivity index (χ3n) is 3.14. The lowest BCUT2D eigenvalue weighted by Crippen LogP contribution is -2.21. The Morgan fingerprint density at radius 3 is 2.68 bits per heavy atom. The van der Waals surface area contributed by atoms with Crippen molar-refractivity contribution in [2.24, 2.45) is 0 Å². The fourth-order valence-corrected chi connectivity index (χ4v) is 2.10. The summed E-state index contributed by atoms with van der Waals surface area (Å²) < 4.78 is 9.76. The molecule has 7 nitrogen and oxygen atoms in total. The lowest BCUT2D eigenvalue weighted by molar-refractivity contribution is -0.119. The first-order chi connectivity index (χ1) is 11.9. The number of ether oxygens (including phenoxy) is 2. The summed E-state index contributed by atoms with van der Waals surface area (Å²) >= 11 is 5.82. The van der Waals surface area contributed by atoms with Crippen molar-refractivity contribution < 1.29 is 24.2 Å². The Bertz CT molecular complexity index is 861. The van der Waals surface area contributed by atoms with Gasteiger partial charge in [0.15, 0.2) is 6.61 Å². The van der Waals surface area contributed by atoms with Crippen LogP contribution in [0.5, 0.6) is 11.5 Å². The highest BCUT2D eigenvalue weighted by Crippen LogP contribution is 2.24. The van der Waals surface area contributed by atoms with E-state index in [0.717, 1.165) is 0 Å². The molecule has 2 aromatic carbocycles. The number of phenolic OH excluding ortho intramolecular Hbond substituents is 1. The molecule has 2 N–H and O–H groups in total. The molecular weight excluding hydrogens is 348 g/mol. The second kappa shape index (κ2) is 8.04. The van der Waals surface area contributed by atoms with Gasteiger partial charge in [0.25, 0.3) is 5.91 Å². The van der Waals surface area contributed by atoms with Gasteiger partial charge in [0, 0.05) is 11.1 Å². The molecule has 25 heavy (non-hydrogen) atoms. The summed E-state index contributed by atoms with van der Waals surface area (Å²) in [6.07, 6.45) is 0. The van der Waals surface area contributed by atoms with Crippen LogP contribution in [0.4, 0.5) is 5.69 Å². The number of aromatic hydroxyl groups is 1. The number of anilines is 1. The Labute approximate surface area is 148 Å². The summed E-state index contributed by atoms with van der Waals surface area (Å²) in [5.74, 6) is -1.48. The molecule has 0 aliphatic rings. The van der Waals surface area contributed by atoms with Crippen LogP contribution < -0.4 is 10.1 Å². The number of nitrogens with zero attached hydrogens (tertiary/aromatic N) is 1. The van der Waals surface area contributed by atoms with Crippen LogP contribution in [0.25, 0.3) is 0 Å². The molecule has 0 saturated heterocycles. The fraction of sp³-hybridized carbons (Fsp3) is 0.118. The van der Waals surface area contributed by atoms with Crippen molar-refractivity contribution in [3.05, 3.63) is 52.5 Å². The number of carbonyl (C=O) groups is 2. The molecule has 128 valence electrons. The second-order valence-electron chi connectivity index (χ2n) is 4.81. The van der Waals surface area contributed by atoms with Crippen LogP contribution in [-0.2, 0) is 9.53 Å². The number of nitrogens with one attached hydrogen (secondary N) is 1. The van der Waals surface area contributed by atoms with E-state index in [2.05, 4.69) is 5.32 Å². The predicted octanol–water partition coefficient (Wildman–Crippen LogP) is 2.72. The molecule has 1 amide bonds. The van der Waals surface area contributed by atoms with E-state index in [1.807, 2.05) is 6.07 Å². The van der Waals surface area contributed by atoms with Crippen molar-refractivity contribution in [1.82, 2.24) is 0 Å². The fourth-order valence-electron chi connectivity index (χ4n) is 1.92. The van der Waals surface area contributed by atoms with Crippen molar-refractivity contribution in [2.75, 3.05) is 19.0 Å². The maximum Gasteiger partial charge on any atom is 0.342 e. The van der Waals surface area contributed by atoms with Crippen LogP contribution in [0, 0.1) is 11.3 Å². The van der Waals surface area contributed by atoms with Crippen molar-refractivity contribution in [2.45, 2.75) is 0 Å². The topological polar surface area (TPSA) is 109 Å². The van der Waals surface area contributed by atoms with E-state index in [9.17, 15) is 14.7 Å². The van der Waals surface area contributed by atoms with Gasteiger partial charge in [-0.25, -0.2) is 4.79 Å². The van der Waals surface area contributed by atoms with Crippen molar-refractivity contribution in [1.29, 1.82) is 5.26 Å². The third kappa shape index (κ3) is 4.62. The summed E-state index contributed by atoms with van der Waals surface area (Å²) in [6.45, 7) is -0.596. The highest BCUT2D eigenvalue weighted by atomic mass is 35.5. The molecule has 0 spiro atoms. The lowest BCUT2D eigenvalue weighted by Gasteiger charge is -2.09. The quantitative estimate of drug-likeness (QED) is 0.793. The van der Waals surface area contributed by atoms with E-state index in [1.54, 1.807) is 0 Å². The minimum absolute atomic E-state index is 0.103. The zero-order chi connectivity index (χ0) is 18.4. The van der Waals surface area contributed by atoms with Gasteiger partial charge in [0.2, 0.25) is 0 Å². The molecule has 0 unspecified atom stereocenters. The van der Waals surface area contributed by atoms with E-state index in [1.165, 1.54) is 43.5 Å². The van der Waals surface area contributed by atoms with E-state index in [0.29, 0.717) is 10.8 Å². The number of methoxy groups -OCH3 is 1. The van der Waals surface area contributed by atoms with Crippen LogP contribution in [0.2, 0.25) is 5.02 Å². The first kappa shape index (κ1) is 18.1. The second-order valence-corrected chi connectivity index (χ2v) is 5.25. The molecule has 0 aliphatic carbocycles. The number of halogens is 1. The minimum atomic E-state index is -0.873. The number of benzene rings is 2. The average molecular weight is 361 g/mol. The van der Waals surface area contributed by atoms with Gasteiger partial charge < -0.3 is 19.9 Å². The van der Waals surface area contributed by atoms with Gasteiger partial charge in [-0.1, -0.05) is 11.6 Å².